The van der Waals surface area contributed by atoms with Crippen molar-refractivity contribution in [2.24, 2.45) is 0 Å². The average molecular weight is 1150 g/mol. The number of aliphatic hydroxyl groups is 3. The van der Waals surface area contributed by atoms with Gasteiger partial charge in [-0.25, -0.2) is 51.9 Å². The highest BCUT2D eigenvalue weighted by Crippen LogP contribution is 2.48. The van der Waals surface area contributed by atoms with Crippen LogP contribution in [-0.2, 0) is 20.0 Å². The highest BCUT2D eigenvalue weighted by atomic mass is 35.5. The van der Waals surface area contributed by atoms with E-state index in [-0.39, 0.29) is 66.8 Å². The van der Waals surface area contributed by atoms with Gasteiger partial charge in [0.1, 0.15) is 57.2 Å². The molecule has 2 saturated carbocycles. The summed E-state index contributed by atoms with van der Waals surface area (Å²) >= 11 is 11.9. The fourth-order valence-electron chi connectivity index (χ4n) is 9.05. The lowest BCUT2D eigenvalue weighted by molar-refractivity contribution is -0.123. The maximum absolute atomic E-state index is 13.5. The van der Waals surface area contributed by atoms with E-state index in [1.54, 1.807) is 69.3 Å². The summed E-state index contributed by atoms with van der Waals surface area (Å²) in [7, 11) is 0. The van der Waals surface area contributed by atoms with E-state index < -0.39 is 72.1 Å². The van der Waals surface area contributed by atoms with Crippen molar-refractivity contribution in [1.82, 2.24) is 43.6 Å². The number of anilines is 3. The van der Waals surface area contributed by atoms with Crippen LogP contribution in [0.3, 0.4) is 0 Å². The molecule has 10 rings (SSSR count). The summed E-state index contributed by atoms with van der Waals surface area (Å²) in [6.45, 7) is 4.71. The first-order chi connectivity index (χ1) is 37.9. The third kappa shape index (κ3) is 13.7. The fraction of sp³-hybridized carbons (Fsp3) is 0.400. The average Bonchev–Trinajstić information content (AvgIpc) is 4.13. The van der Waals surface area contributed by atoms with Crippen molar-refractivity contribution in [2.45, 2.75) is 127 Å². The Morgan fingerprint density at radius 3 is 1.59 bits per heavy atom. The van der Waals surface area contributed by atoms with Gasteiger partial charge in [0.15, 0.2) is 16.9 Å². The standard InChI is InChI=1S/C20H19ClF2N4O2.C18H17ClF2N4O2.C17H23FN4O2/c1-19(29,12-5-3-2-4-6-12)11-16(28)26-18-24-14-7-8-15(21)25-17(14)27(18)13-9-20(22,23)10-13;1-2-18(27,10-20)9-15(26)24-17-22-13-7-8-14(19)23-16(13)25(17)12-5-3-11(21)4-6-12;1-3-17(24,10-18)9-14(23)21-16-20-13-8-7-11(2)19-15(13)22(16)12-5-4-6-12/h2-8,13,29H,9-11H2,1H3,(H,24,26,28);3-8,27H,2,9-10H2,1H3,(H,22,24,26);7-8,12,24H,3-6,9-10H2,1-2H3,(H,20,21,23)/t19-;;/m1../s1. The molecule has 6 heterocycles. The molecule has 424 valence electrons. The van der Waals surface area contributed by atoms with Crippen LogP contribution < -0.4 is 16.0 Å². The molecule has 80 heavy (non-hydrogen) atoms. The number of carbonyl (C=O) groups excluding carboxylic acids is 3. The van der Waals surface area contributed by atoms with Crippen LogP contribution in [0.5, 0.6) is 0 Å². The number of hydrogen-bond donors (Lipinski definition) is 6. The maximum Gasteiger partial charge on any atom is 0.252 e. The van der Waals surface area contributed by atoms with E-state index in [0.717, 1.165) is 36.1 Å². The van der Waals surface area contributed by atoms with Crippen LogP contribution in [-0.4, -0.2) is 107 Å². The van der Waals surface area contributed by atoms with E-state index in [0.29, 0.717) is 39.5 Å². The van der Waals surface area contributed by atoms with Crippen molar-refractivity contribution in [3.8, 4) is 5.69 Å². The van der Waals surface area contributed by atoms with E-state index >= 15 is 0 Å². The Hall–Kier alpha value is -7.18. The van der Waals surface area contributed by atoms with Gasteiger partial charge in [0, 0.05) is 24.6 Å². The van der Waals surface area contributed by atoms with Gasteiger partial charge in [-0.15, -0.1) is 0 Å². The Balaban J connectivity index is 0.000000158. The van der Waals surface area contributed by atoms with Crippen molar-refractivity contribution in [1.29, 1.82) is 0 Å². The lowest BCUT2D eigenvalue weighted by Crippen LogP contribution is -2.38. The van der Waals surface area contributed by atoms with Gasteiger partial charge in [-0.2, -0.15) is 0 Å². The molecule has 0 aliphatic heterocycles. The number of halogens is 7. The second-order valence-electron chi connectivity index (χ2n) is 20.3. The topological polar surface area (TPSA) is 240 Å². The largest absolute Gasteiger partial charge is 0.387 e. The smallest absolute Gasteiger partial charge is 0.252 e. The zero-order valence-corrected chi connectivity index (χ0v) is 45.5. The summed E-state index contributed by atoms with van der Waals surface area (Å²) in [5, 5.41) is 39.1. The number of benzene rings is 2. The Morgan fingerprint density at radius 1 is 0.625 bits per heavy atom. The molecular weight excluding hydrogens is 1090 g/mol. The highest BCUT2D eigenvalue weighted by Gasteiger charge is 2.48. The SMILES string of the molecule is CCC(O)(CF)CC(=O)Nc1nc2ccc(C)nc2n1C1CCC1.CCC(O)(CF)CC(=O)Nc1nc2ccc(Cl)nc2n1-c1ccc(F)cc1.C[C@@](O)(CC(=O)Nc1nc2ccc(Cl)nc2n1C1CC(F)(F)C1)c1ccccc1. The molecule has 3 amide bonds. The molecule has 2 unspecified atom stereocenters. The van der Waals surface area contributed by atoms with Crippen molar-refractivity contribution >= 4 is 92.3 Å². The van der Waals surface area contributed by atoms with Gasteiger partial charge < -0.3 is 15.3 Å². The number of imidazole rings is 3. The van der Waals surface area contributed by atoms with Gasteiger partial charge in [-0.3, -0.25) is 44.0 Å². The first kappa shape index (κ1) is 59.0. The number of amides is 3. The van der Waals surface area contributed by atoms with Crippen molar-refractivity contribution < 1.29 is 51.7 Å². The molecule has 2 aliphatic rings. The first-order valence-corrected chi connectivity index (χ1v) is 26.5. The predicted molar refractivity (Wildman–Crippen MR) is 293 cm³/mol. The molecule has 18 nitrogen and oxygen atoms in total. The Kier molecular flexibility index (Phi) is 17.9. The summed E-state index contributed by atoms with van der Waals surface area (Å²) < 4.78 is 71.2. The van der Waals surface area contributed by atoms with Crippen molar-refractivity contribution in [3.05, 3.63) is 118 Å². The van der Waals surface area contributed by atoms with Gasteiger partial charge in [-0.05, 0) is 112 Å². The number of carbonyl (C=O) groups is 3. The third-order valence-electron chi connectivity index (χ3n) is 14.1. The monoisotopic (exact) mass is 1150 g/mol. The molecular formula is C55H59Cl2F5N12O6. The normalized spacial score (nSPS) is 16.4. The van der Waals surface area contributed by atoms with Crippen LogP contribution in [0.1, 0.15) is 108 Å². The van der Waals surface area contributed by atoms with Gasteiger partial charge in [0.2, 0.25) is 35.6 Å². The fourth-order valence-corrected chi connectivity index (χ4v) is 9.33. The zero-order valence-electron chi connectivity index (χ0n) is 44.0. The van der Waals surface area contributed by atoms with E-state index in [2.05, 4.69) is 45.9 Å². The minimum absolute atomic E-state index is 0.0858. The number of nitrogens with zero attached hydrogens (tertiary/aromatic N) is 9. The van der Waals surface area contributed by atoms with Crippen molar-refractivity contribution in [3.63, 3.8) is 0 Å². The quantitative estimate of drug-likeness (QED) is 0.0369. The number of nitrogens with one attached hydrogen (secondary N) is 3. The highest BCUT2D eigenvalue weighted by molar-refractivity contribution is 6.30. The Labute approximate surface area is 465 Å². The van der Waals surface area contributed by atoms with Crippen LogP contribution in [0.2, 0.25) is 10.3 Å². The number of aryl methyl sites for hydroxylation is 1. The van der Waals surface area contributed by atoms with Crippen LogP contribution >= 0.6 is 23.2 Å². The van der Waals surface area contributed by atoms with Crippen LogP contribution in [0, 0.1) is 12.7 Å². The summed E-state index contributed by atoms with van der Waals surface area (Å²) in [4.78, 5) is 63.3. The number of rotatable bonds is 17. The number of fused-ring (bicyclic) bond motifs is 3. The van der Waals surface area contributed by atoms with E-state index in [4.69, 9.17) is 23.2 Å². The molecule has 2 aliphatic carbocycles. The summed E-state index contributed by atoms with van der Waals surface area (Å²) in [5.41, 5.74) is 0.298. The Bertz CT molecular complexity index is 3510. The number of alkyl halides is 4. The number of hydrogen-bond acceptors (Lipinski definition) is 12. The van der Waals surface area contributed by atoms with E-state index in [9.17, 15) is 51.7 Å². The van der Waals surface area contributed by atoms with Gasteiger partial charge in [-0.1, -0.05) is 67.4 Å². The molecule has 3 atom stereocenters. The molecule has 0 saturated heterocycles. The van der Waals surface area contributed by atoms with Crippen molar-refractivity contribution in [2.75, 3.05) is 29.3 Å². The third-order valence-corrected chi connectivity index (χ3v) is 14.5. The summed E-state index contributed by atoms with van der Waals surface area (Å²) in [5.74, 6) is -4.07. The number of aromatic nitrogens is 9. The lowest BCUT2D eigenvalue weighted by Gasteiger charge is -2.36. The molecule has 6 N–H and O–H groups in total. The van der Waals surface area contributed by atoms with Crippen LogP contribution in [0.25, 0.3) is 39.2 Å². The second-order valence-corrected chi connectivity index (χ2v) is 21.1. The van der Waals surface area contributed by atoms with Gasteiger partial charge in [0.25, 0.3) is 5.92 Å². The molecule has 0 radical (unpaired) electrons. The predicted octanol–water partition coefficient (Wildman–Crippen LogP) is 10.8. The summed E-state index contributed by atoms with van der Waals surface area (Å²) in [6.07, 6.45) is 1.77. The molecule has 0 spiro atoms. The minimum atomic E-state index is -2.75. The second kappa shape index (κ2) is 24.3. The molecule has 8 aromatic rings. The van der Waals surface area contributed by atoms with Gasteiger partial charge in [0.05, 0.1) is 36.6 Å². The van der Waals surface area contributed by atoms with Gasteiger partial charge >= 0.3 is 0 Å². The van der Waals surface area contributed by atoms with E-state index in [1.165, 1.54) is 33.4 Å². The molecule has 6 aromatic heterocycles. The Morgan fingerprint density at radius 2 is 1.09 bits per heavy atom. The molecule has 0 bridgehead atoms. The molecule has 25 heteroatoms. The number of pyridine rings is 3. The van der Waals surface area contributed by atoms with Crippen LogP contribution in [0.15, 0.2) is 91.0 Å². The first-order valence-electron chi connectivity index (χ1n) is 25.8. The zero-order chi connectivity index (χ0) is 57.7. The molecule has 2 aromatic carbocycles. The molecule has 2 fully saturated rings. The van der Waals surface area contributed by atoms with Crippen LogP contribution in [0.4, 0.5) is 39.8 Å². The van der Waals surface area contributed by atoms with E-state index in [1.807, 2.05) is 29.7 Å². The summed E-state index contributed by atoms with van der Waals surface area (Å²) in [6, 6.07) is 24.2. The minimum Gasteiger partial charge on any atom is -0.387 e. The lowest BCUT2D eigenvalue weighted by atomic mass is 9.88. The maximum atomic E-state index is 13.5.